The van der Waals surface area contributed by atoms with Gasteiger partial charge in [-0.3, -0.25) is 4.99 Å². The van der Waals surface area contributed by atoms with Gasteiger partial charge in [-0.1, -0.05) is 60.7 Å². The van der Waals surface area contributed by atoms with E-state index in [1.165, 1.54) is 13.4 Å². The summed E-state index contributed by atoms with van der Waals surface area (Å²) >= 11 is 0. The first-order valence-electron chi connectivity index (χ1n) is 10.2. The molecule has 2 aromatic carbocycles. The number of methoxy groups -OCH3 is 1. The normalized spacial score (nSPS) is 12.0. The van der Waals surface area contributed by atoms with Crippen molar-refractivity contribution in [3.05, 3.63) is 89.6 Å². The Hall–Kier alpha value is -3.74. The highest BCUT2D eigenvalue weighted by atomic mass is 16.6. The fraction of sp³-hybridized carbons (Fsp3) is 0.280. The van der Waals surface area contributed by atoms with E-state index in [9.17, 15) is 9.59 Å². The zero-order chi connectivity index (χ0) is 23.1. The minimum atomic E-state index is -0.936. The van der Waals surface area contributed by atoms with Crippen molar-refractivity contribution in [1.29, 1.82) is 0 Å². The lowest BCUT2D eigenvalue weighted by Crippen LogP contribution is -2.33. The van der Waals surface area contributed by atoms with Gasteiger partial charge in [-0.15, -0.1) is 0 Å². The first-order chi connectivity index (χ1) is 15.3. The molecule has 0 aliphatic carbocycles. The molecular weight excluding hydrogens is 408 g/mol. The summed E-state index contributed by atoms with van der Waals surface area (Å²) in [5, 5.41) is 0. The predicted molar refractivity (Wildman–Crippen MR) is 120 cm³/mol. The van der Waals surface area contributed by atoms with Crippen molar-refractivity contribution in [1.82, 2.24) is 4.98 Å². The van der Waals surface area contributed by atoms with E-state index in [1.54, 1.807) is 20.8 Å². The molecule has 3 aromatic rings. The Morgan fingerprint density at radius 2 is 1.56 bits per heavy atom. The van der Waals surface area contributed by atoms with Gasteiger partial charge in [0.05, 0.1) is 19.2 Å². The quantitative estimate of drug-likeness (QED) is 0.408. The second-order valence-electron chi connectivity index (χ2n) is 8.08. The number of rotatable bonds is 7. The molecule has 1 aromatic heterocycles. The van der Waals surface area contributed by atoms with Crippen LogP contribution in [0.1, 0.15) is 48.3 Å². The SMILES string of the molecule is COC(=O)c1coc(CC(N=C(c2ccccc2)c2ccccc2)C(=O)OC(C)(C)C)n1. The lowest BCUT2D eigenvalue weighted by molar-refractivity contribution is -0.156. The third-order valence-electron chi connectivity index (χ3n) is 4.37. The third-order valence-corrected chi connectivity index (χ3v) is 4.37. The Morgan fingerprint density at radius 1 is 1.00 bits per heavy atom. The number of esters is 2. The Kier molecular flexibility index (Phi) is 7.20. The molecule has 1 atom stereocenters. The van der Waals surface area contributed by atoms with Crippen molar-refractivity contribution in [2.75, 3.05) is 7.11 Å². The van der Waals surface area contributed by atoms with Crippen LogP contribution in [0.25, 0.3) is 0 Å². The molecule has 3 rings (SSSR count). The molecule has 0 radical (unpaired) electrons. The molecule has 0 saturated carbocycles. The lowest BCUT2D eigenvalue weighted by Gasteiger charge is -2.22. The minimum absolute atomic E-state index is 0.0229. The van der Waals surface area contributed by atoms with Crippen LogP contribution in [0.15, 0.2) is 76.3 Å². The van der Waals surface area contributed by atoms with Gasteiger partial charge < -0.3 is 13.9 Å². The number of aromatic nitrogens is 1. The first kappa shape index (κ1) is 22.9. The molecule has 0 aliphatic rings. The molecule has 0 spiro atoms. The summed E-state index contributed by atoms with van der Waals surface area (Å²) in [7, 11) is 1.26. The topological polar surface area (TPSA) is 91.0 Å². The number of oxazole rings is 1. The highest BCUT2D eigenvalue weighted by Gasteiger charge is 2.28. The van der Waals surface area contributed by atoms with Crippen LogP contribution in [0, 0.1) is 0 Å². The fourth-order valence-corrected chi connectivity index (χ4v) is 2.98. The third kappa shape index (κ3) is 6.14. The van der Waals surface area contributed by atoms with Crippen LogP contribution < -0.4 is 0 Å². The number of benzene rings is 2. The van der Waals surface area contributed by atoms with Crippen molar-refractivity contribution >= 4 is 17.7 Å². The molecule has 0 bridgehead atoms. The van der Waals surface area contributed by atoms with E-state index in [4.69, 9.17) is 14.1 Å². The second kappa shape index (κ2) is 10.0. The smallest absolute Gasteiger partial charge is 0.360 e. The monoisotopic (exact) mass is 434 g/mol. The molecule has 1 unspecified atom stereocenters. The standard InChI is InChI=1S/C25H26N2O5/c1-25(2,3)32-24(29)19(15-21-26-20(16-31-21)23(28)30-4)27-22(17-11-7-5-8-12-17)18-13-9-6-10-14-18/h5-14,16,19H,15H2,1-4H3. The Balaban J connectivity index is 2.03. The highest BCUT2D eigenvalue weighted by molar-refractivity contribution is 6.13. The molecule has 0 N–H and O–H groups in total. The molecule has 0 amide bonds. The largest absolute Gasteiger partial charge is 0.464 e. The molecule has 0 fully saturated rings. The average molecular weight is 434 g/mol. The van der Waals surface area contributed by atoms with Gasteiger partial charge in [-0.2, -0.15) is 0 Å². The molecule has 7 nitrogen and oxygen atoms in total. The molecule has 0 saturated heterocycles. The van der Waals surface area contributed by atoms with Gasteiger partial charge in [0.1, 0.15) is 11.9 Å². The summed E-state index contributed by atoms with van der Waals surface area (Å²) < 4.78 is 15.7. The van der Waals surface area contributed by atoms with Crippen LogP contribution >= 0.6 is 0 Å². The second-order valence-corrected chi connectivity index (χ2v) is 8.08. The van der Waals surface area contributed by atoms with Crippen LogP contribution in [0.4, 0.5) is 0 Å². The summed E-state index contributed by atoms with van der Waals surface area (Å²) in [6, 6.07) is 18.2. The van der Waals surface area contributed by atoms with Gasteiger partial charge in [0.2, 0.25) is 0 Å². The van der Waals surface area contributed by atoms with Crippen LogP contribution in [-0.4, -0.2) is 41.4 Å². The summed E-state index contributed by atoms with van der Waals surface area (Å²) in [5.41, 5.74) is 1.69. The maximum Gasteiger partial charge on any atom is 0.360 e. The van der Waals surface area contributed by atoms with Crippen molar-refractivity contribution < 1.29 is 23.5 Å². The summed E-state index contributed by atoms with van der Waals surface area (Å²) in [5.74, 6) is -0.947. The van der Waals surface area contributed by atoms with E-state index in [0.29, 0.717) is 5.71 Å². The number of hydrogen-bond donors (Lipinski definition) is 0. The van der Waals surface area contributed by atoms with Crippen molar-refractivity contribution in [3.8, 4) is 0 Å². The van der Waals surface area contributed by atoms with Crippen LogP contribution in [-0.2, 0) is 20.7 Å². The first-order valence-corrected chi connectivity index (χ1v) is 10.2. The van der Waals surface area contributed by atoms with Gasteiger partial charge in [-0.05, 0) is 20.8 Å². The highest BCUT2D eigenvalue weighted by Crippen LogP contribution is 2.18. The van der Waals surface area contributed by atoms with Gasteiger partial charge in [0.25, 0.3) is 0 Å². The molecule has 32 heavy (non-hydrogen) atoms. The molecule has 0 aliphatic heterocycles. The number of hydrogen-bond acceptors (Lipinski definition) is 7. The molecule has 1 heterocycles. The van der Waals surface area contributed by atoms with Crippen molar-refractivity contribution in [2.45, 2.75) is 38.8 Å². The number of carbonyl (C=O) groups is 2. The fourth-order valence-electron chi connectivity index (χ4n) is 2.98. The zero-order valence-electron chi connectivity index (χ0n) is 18.6. The Labute approximate surface area is 187 Å². The Bertz CT molecular complexity index is 1040. The van der Waals surface area contributed by atoms with E-state index < -0.39 is 23.6 Å². The summed E-state index contributed by atoms with van der Waals surface area (Å²) in [6.45, 7) is 5.38. The summed E-state index contributed by atoms with van der Waals surface area (Å²) in [6.07, 6.45) is 1.22. The van der Waals surface area contributed by atoms with Gasteiger partial charge in [0.15, 0.2) is 17.6 Å². The van der Waals surface area contributed by atoms with Gasteiger partial charge >= 0.3 is 11.9 Å². The molecule has 7 heteroatoms. The maximum atomic E-state index is 13.1. The maximum absolute atomic E-state index is 13.1. The Morgan fingerprint density at radius 3 is 2.06 bits per heavy atom. The summed E-state index contributed by atoms with van der Waals surface area (Å²) in [4.78, 5) is 33.7. The van der Waals surface area contributed by atoms with Gasteiger partial charge in [0, 0.05) is 11.1 Å². The number of nitrogens with zero attached hydrogens (tertiary/aromatic N) is 2. The minimum Gasteiger partial charge on any atom is -0.464 e. The van der Waals surface area contributed by atoms with E-state index in [1.807, 2.05) is 60.7 Å². The average Bonchev–Trinajstić information content (AvgIpc) is 3.24. The van der Waals surface area contributed by atoms with Gasteiger partial charge in [-0.25, -0.2) is 14.6 Å². The van der Waals surface area contributed by atoms with E-state index in [0.717, 1.165) is 11.1 Å². The van der Waals surface area contributed by atoms with Crippen molar-refractivity contribution in [3.63, 3.8) is 0 Å². The number of aliphatic imine (C=N–C) groups is 1. The molecule has 166 valence electrons. The van der Waals surface area contributed by atoms with Crippen LogP contribution in [0.2, 0.25) is 0 Å². The van der Waals surface area contributed by atoms with E-state index in [-0.39, 0.29) is 18.0 Å². The van der Waals surface area contributed by atoms with Crippen LogP contribution in [0.3, 0.4) is 0 Å². The predicted octanol–water partition coefficient (Wildman–Crippen LogP) is 4.25. The molecular formula is C25H26N2O5. The zero-order valence-corrected chi connectivity index (χ0v) is 18.6. The van der Waals surface area contributed by atoms with E-state index in [2.05, 4.69) is 9.72 Å². The number of ether oxygens (including phenoxy) is 2. The number of carbonyl (C=O) groups excluding carboxylic acids is 2. The lowest BCUT2D eigenvalue weighted by atomic mass is 10.0. The van der Waals surface area contributed by atoms with Crippen LogP contribution in [0.5, 0.6) is 0 Å². The van der Waals surface area contributed by atoms with E-state index >= 15 is 0 Å². The van der Waals surface area contributed by atoms with Crippen molar-refractivity contribution in [2.24, 2.45) is 4.99 Å².